The summed E-state index contributed by atoms with van der Waals surface area (Å²) < 4.78 is 2.19. The molecule has 1 N–H and O–H groups in total. The predicted molar refractivity (Wildman–Crippen MR) is 90.0 cm³/mol. The zero-order valence-corrected chi connectivity index (χ0v) is 13.6. The van der Waals surface area contributed by atoms with Gasteiger partial charge < -0.3 is 10.2 Å². The van der Waals surface area contributed by atoms with Gasteiger partial charge in [-0.2, -0.15) is 5.10 Å². The Hall–Kier alpha value is -1.39. The van der Waals surface area contributed by atoms with Gasteiger partial charge in [0.2, 0.25) is 0 Å². The summed E-state index contributed by atoms with van der Waals surface area (Å²) in [6.45, 7) is 5.75. The van der Waals surface area contributed by atoms with Gasteiger partial charge >= 0.3 is 0 Å². The zero-order chi connectivity index (χ0) is 15.1. The number of piperidine rings is 1. The van der Waals surface area contributed by atoms with Gasteiger partial charge in [-0.1, -0.05) is 13.0 Å². The second kappa shape index (κ2) is 5.67. The third kappa shape index (κ3) is 2.66. The highest BCUT2D eigenvalue weighted by atomic mass is 15.3. The highest BCUT2D eigenvalue weighted by Crippen LogP contribution is 2.29. The molecule has 2 aliphatic rings. The minimum absolute atomic E-state index is 0.515. The second-order valence-electron chi connectivity index (χ2n) is 7.28. The molecule has 4 nitrogen and oxygen atoms in total. The second-order valence-corrected chi connectivity index (χ2v) is 7.28. The molecular formula is C18H26N4. The molecule has 4 heteroatoms. The quantitative estimate of drug-likeness (QED) is 0.925. The van der Waals surface area contributed by atoms with Crippen LogP contribution in [0.25, 0.3) is 10.9 Å². The largest absolute Gasteiger partial charge is 0.310 e. The van der Waals surface area contributed by atoms with Crippen LogP contribution in [0, 0.1) is 5.92 Å². The van der Waals surface area contributed by atoms with E-state index in [0.717, 1.165) is 24.5 Å². The molecule has 0 amide bonds. The molecule has 0 radical (unpaired) electrons. The Labute approximate surface area is 132 Å². The fourth-order valence-corrected chi connectivity index (χ4v) is 3.88. The maximum atomic E-state index is 4.80. The first-order valence-corrected chi connectivity index (χ1v) is 8.60. The minimum Gasteiger partial charge on any atom is -0.310 e. The first kappa shape index (κ1) is 14.2. The third-order valence-electron chi connectivity index (χ3n) is 5.35. The Bertz CT molecular complexity index is 654. The van der Waals surface area contributed by atoms with Crippen molar-refractivity contribution < 1.29 is 0 Å². The van der Waals surface area contributed by atoms with E-state index in [1.54, 1.807) is 0 Å². The highest BCUT2D eigenvalue weighted by Gasteiger charge is 2.23. The van der Waals surface area contributed by atoms with E-state index in [4.69, 9.17) is 5.10 Å². The number of rotatable bonds is 2. The molecule has 0 unspecified atom stereocenters. The molecule has 4 rings (SSSR count). The summed E-state index contributed by atoms with van der Waals surface area (Å²) in [6.07, 6.45) is 6.02. The van der Waals surface area contributed by atoms with Crippen molar-refractivity contribution in [1.82, 2.24) is 20.0 Å². The van der Waals surface area contributed by atoms with Gasteiger partial charge in [-0.05, 0) is 63.0 Å². The first-order chi connectivity index (χ1) is 10.7. The summed E-state index contributed by atoms with van der Waals surface area (Å²) in [5.74, 6) is 0.807. The van der Waals surface area contributed by atoms with Crippen LogP contribution in [0.15, 0.2) is 24.4 Å². The maximum Gasteiger partial charge on any atom is 0.0923 e. The molecule has 0 aliphatic carbocycles. The van der Waals surface area contributed by atoms with Crippen LogP contribution < -0.4 is 5.32 Å². The molecule has 0 saturated carbocycles. The van der Waals surface area contributed by atoms with Crippen LogP contribution in [0.4, 0.5) is 0 Å². The van der Waals surface area contributed by atoms with Gasteiger partial charge in [-0.3, -0.25) is 4.68 Å². The van der Waals surface area contributed by atoms with Crippen LogP contribution in [0.1, 0.15) is 43.8 Å². The average molecular weight is 298 g/mol. The van der Waals surface area contributed by atoms with Crippen LogP contribution in [-0.4, -0.2) is 41.4 Å². The normalized spacial score (nSPS) is 30.2. The van der Waals surface area contributed by atoms with E-state index >= 15 is 0 Å². The van der Waals surface area contributed by atoms with E-state index in [0.29, 0.717) is 12.1 Å². The summed E-state index contributed by atoms with van der Waals surface area (Å²) in [5.41, 5.74) is 2.55. The molecule has 2 fully saturated rings. The number of nitrogens with zero attached hydrogens (tertiary/aromatic N) is 3. The minimum atomic E-state index is 0.515. The van der Waals surface area contributed by atoms with Gasteiger partial charge in [-0.25, -0.2) is 0 Å². The molecule has 1 aromatic carbocycles. The molecule has 22 heavy (non-hydrogen) atoms. The van der Waals surface area contributed by atoms with Gasteiger partial charge in [0.15, 0.2) is 0 Å². The number of likely N-dealkylation sites (tertiary alicyclic amines) is 1. The van der Waals surface area contributed by atoms with Crippen molar-refractivity contribution in [2.45, 2.75) is 38.3 Å². The molecular weight excluding hydrogens is 272 g/mol. The lowest BCUT2D eigenvalue weighted by Gasteiger charge is -2.28. The van der Waals surface area contributed by atoms with Crippen LogP contribution in [0.5, 0.6) is 0 Å². The molecule has 3 heterocycles. The summed E-state index contributed by atoms with van der Waals surface area (Å²) in [6, 6.07) is 7.84. The molecule has 3 atom stereocenters. The summed E-state index contributed by atoms with van der Waals surface area (Å²) >= 11 is 0. The molecule has 2 aliphatic heterocycles. The monoisotopic (exact) mass is 298 g/mol. The van der Waals surface area contributed by atoms with E-state index in [9.17, 15) is 0 Å². The van der Waals surface area contributed by atoms with E-state index in [-0.39, 0.29) is 0 Å². The van der Waals surface area contributed by atoms with Crippen LogP contribution >= 0.6 is 0 Å². The molecule has 1 aromatic heterocycles. The Morgan fingerprint density at radius 1 is 1.23 bits per heavy atom. The lowest BCUT2D eigenvalue weighted by molar-refractivity contribution is 0.333. The molecule has 2 aromatic rings. The third-order valence-corrected chi connectivity index (χ3v) is 5.35. The van der Waals surface area contributed by atoms with Gasteiger partial charge in [0.05, 0.1) is 11.6 Å². The number of likely N-dealkylation sites (N-methyl/N-ethyl adjacent to an activating group) is 1. The lowest BCUT2D eigenvalue weighted by atomic mass is 9.92. The number of benzene rings is 1. The fourth-order valence-electron chi connectivity index (χ4n) is 3.88. The van der Waals surface area contributed by atoms with Crippen molar-refractivity contribution in [2.24, 2.45) is 5.92 Å². The Balaban J connectivity index is 1.58. The number of nitrogens with one attached hydrogen (secondary N) is 1. The van der Waals surface area contributed by atoms with E-state index in [2.05, 4.69) is 53.3 Å². The van der Waals surface area contributed by atoms with Gasteiger partial charge in [0, 0.05) is 24.2 Å². The summed E-state index contributed by atoms with van der Waals surface area (Å²) in [7, 11) is 2.19. The number of hydrogen-bond acceptors (Lipinski definition) is 3. The number of hydrogen-bond donors (Lipinski definition) is 1. The van der Waals surface area contributed by atoms with Crippen molar-refractivity contribution >= 4 is 10.9 Å². The number of fused-ring (bicyclic) bond motifs is 1. The number of aromatic nitrogens is 2. The van der Waals surface area contributed by atoms with E-state index in [1.165, 1.54) is 36.8 Å². The lowest BCUT2D eigenvalue weighted by Crippen LogP contribution is -2.31. The molecule has 2 saturated heterocycles. The summed E-state index contributed by atoms with van der Waals surface area (Å²) in [4.78, 5) is 2.38. The van der Waals surface area contributed by atoms with Crippen molar-refractivity contribution in [3.8, 4) is 0 Å². The molecule has 0 bridgehead atoms. The maximum absolute atomic E-state index is 4.80. The SMILES string of the molecule is C[C@H]1CC[C@H](c2ccc3nn([C@H]4CCN(C)C4)cc3c2)NC1. The van der Waals surface area contributed by atoms with Crippen LogP contribution in [-0.2, 0) is 0 Å². The Morgan fingerprint density at radius 3 is 2.86 bits per heavy atom. The topological polar surface area (TPSA) is 33.1 Å². The molecule has 118 valence electrons. The zero-order valence-electron chi connectivity index (χ0n) is 13.6. The average Bonchev–Trinajstić information content (AvgIpc) is 3.13. The van der Waals surface area contributed by atoms with Crippen molar-refractivity contribution in [3.63, 3.8) is 0 Å². The molecule has 0 spiro atoms. The van der Waals surface area contributed by atoms with Crippen LogP contribution in [0.2, 0.25) is 0 Å². The predicted octanol–water partition coefficient (Wildman–Crippen LogP) is 2.97. The smallest absolute Gasteiger partial charge is 0.0923 e. The first-order valence-electron chi connectivity index (χ1n) is 8.60. The highest BCUT2D eigenvalue weighted by molar-refractivity contribution is 5.79. The van der Waals surface area contributed by atoms with Crippen molar-refractivity contribution in [3.05, 3.63) is 30.0 Å². The van der Waals surface area contributed by atoms with Crippen molar-refractivity contribution in [1.29, 1.82) is 0 Å². The standard InChI is InChI=1S/C18H26N4/c1-13-3-5-17(19-10-13)14-4-6-18-15(9-14)11-22(20-18)16-7-8-21(2)12-16/h4,6,9,11,13,16-17,19H,3,5,7-8,10,12H2,1-2H3/t13-,16-,17+/m0/s1. The van der Waals surface area contributed by atoms with E-state index < -0.39 is 0 Å². The summed E-state index contributed by atoms with van der Waals surface area (Å²) in [5, 5.41) is 9.77. The Kier molecular flexibility index (Phi) is 3.66. The van der Waals surface area contributed by atoms with Crippen LogP contribution in [0.3, 0.4) is 0 Å². The Morgan fingerprint density at radius 2 is 2.14 bits per heavy atom. The van der Waals surface area contributed by atoms with E-state index in [1.807, 2.05) is 0 Å². The van der Waals surface area contributed by atoms with Gasteiger partial charge in [0.1, 0.15) is 0 Å². The van der Waals surface area contributed by atoms with Gasteiger partial charge in [0.25, 0.3) is 0 Å². The van der Waals surface area contributed by atoms with Crippen molar-refractivity contribution in [2.75, 3.05) is 26.7 Å². The fraction of sp³-hybridized carbons (Fsp3) is 0.611. The van der Waals surface area contributed by atoms with Gasteiger partial charge in [-0.15, -0.1) is 0 Å².